The number of methoxy groups -OCH3 is 2. The predicted molar refractivity (Wildman–Crippen MR) is 136 cm³/mol. The molecule has 1 atom stereocenters. The van der Waals surface area contributed by atoms with Crippen molar-refractivity contribution in [3.63, 3.8) is 0 Å². The molecule has 0 spiro atoms. The van der Waals surface area contributed by atoms with Gasteiger partial charge in [0.1, 0.15) is 17.1 Å². The summed E-state index contributed by atoms with van der Waals surface area (Å²) in [5.74, 6) is 0.437. The Balaban J connectivity index is 2.12. The van der Waals surface area contributed by atoms with Crippen LogP contribution in [-0.4, -0.2) is 30.7 Å². The molecule has 0 radical (unpaired) electrons. The lowest BCUT2D eigenvalue weighted by atomic mass is 9.84. The summed E-state index contributed by atoms with van der Waals surface area (Å²) in [4.78, 5) is 27.8. The molecule has 34 heavy (non-hydrogen) atoms. The van der Waals surface area contributed by atoms with Gasteiger partial charge in [-0.25, -0.2) is 4.79 Å². The van der Waals surface area contributed by atoms with Crippen LogP contribution in [0.4, 0.5) is 0 Å². The normalized spacial score (nSPS) is 15.7. The molecule has 2 aromatic rings. The fourth-order valence-electron chi connectivity index (χ4n) is 5.01. The molecular weight excluding hydrogens is 447 g/mol. The summed E-state index contributed by atoms with van der Waals surface area (Å²) >= 11 is 0. The highest BCUT2D eigenvalue weighted by molar-refractivity contribution is 7.67. The lowest BCUT2D eigenvalue weighted by molar-refractivity contribution is 0.0925. The summed E-state index contributed by atoms with van der Waals surface area (Å²) < 4.78 is 25.1. The molecule has 5 nitrogen and oxygen atoms in total. The SMILES string of the molecule is COc1cc(C)cc(OC)c1C(=O)C1([P+](=O)C(=O)c2c(C)cc(C(C)(C)C)cc2C)CCCC1. The van der Waals surface area contributed by atoms with Crippen molar-refractivity contribution in [2.75, 3.05) is 14.2 Å². The number of carbonyl (C=O) groups is 2. The van der Waals surface area contributed by atoms with Crippen LogP contribution in [0.3, 0.4) is 0 Å². The lowest BCUT2D eigenvalue weighted by Crippen LogP contribution is -2.34. The number of hydrogen-bond donors (Lipinski definition) is 0. The number of carbonyl (C=O) groups excluding carboxylic acids is 2. The third-order valence-electron chi connectivity index (χ3n) is 6.92. The first-order valence-corrected chi connectivity index (χ1v) is 13.0. The quantitative estimate of drug-likeness (QED) is 0.311. The Morgan fingerprint density at radius 3 is 1.74 bits per heavy atom. The van der Waals surface area contributed by atoms with Gasteiger partial charge >= 0.3 is 13.3 Å². The second-order valence-electron chi connectivity index (χ2n) is 10.4. The van der Waals surface area contributed by atoms with Crippen LogP contribution in [0.25, 0.3) is 0 Å². The summed E-state index contributed by atoms with van der Waals surface area (Å²) in [7, 11) is 0.473. The minimum atomic E-state index is -2.53. The molecule has 1 fully saturated rings. The summed E-state index contributed by atoms with van der Waals surface area (Å²) in [5, 5.41) is -1.26. The molecule has 0 amide bonds. The molecule has 6 heteroatoms. The zero-order valence-electron chi connectivity index (χ0n) is 21.6. The second kappa shape index (κ2) is 9.62. The van der Waals surface area contributed by atoms with Gasteiger partial charge in [-0.05, 0) is 73.4 Å². The van der Waals surface area contributed by atoms with E-state index in [9.17, 15) is 14.2 Å². The zero-order valence-corrected chi connectivity index (χ0v) is 22.5. The number of ketones is 1. The Hall–Kier alpha value is -2.52. The molecule has 1 aliphatic carbocycles. The van der Waals surface area contributed by atoms with Crippen molar-refractivity contribution < 1.29 is 23.6 Å². The fraction of sp³-hybridized carbons (Fsp3) is 0.500. The zero-order chi connectivity index (χ0) is 25.4. The molecule has 0 heterocycles. The predicted octanol–water partition coefficient (Wildman–Crippen LogP) is 7.09. The van der Waals surface area contributed by atoms with Gasteiger partial charge in [0.25, 0.3) is 0 Å². The minimum Gasteiger partial charge on any atom is -0.496 e. The van der Waals surface area contributed by atoms with Crippen molar-refractivity contribution in [2.45, 2.75) is 77.8 Å². The summed E-state index contributed by atoms with van der Waals surface area (Å²) in [6, 6.07) is 7.54. The van der Waals surface area contributed by atoms with Crippen LogP contribution in [0, 0.1) is 20.8 Å². The molecule has 0 aromatic heterocycles. The lowest BCUT2D eigenvalue weighted by Gasteiger charge is -2.22. The maximum absolute atomic E-state index is 14.1. The van der Waals surface area contributed by atoms with Gasteiger partial charge < -0.3 is 9.47 Å². The molecule has 1 saturated carbocycles. The van der Waals surface area contributed by atoms with E-state index in [1.807, 2.05) is 32.9 Å². The van der Waals surface area contributed by atoms with Crippen LogP contribution >= 0.6 is 7.80 Å². The van der Waals surface area contributed by atoms with Crippen molar-refractivity contribution in [1.82, 2.24) is 0 Å². The van der Waals surface area contributed by atoms with E-state index < -0.39 is 18.5 Å². The Kier molecular flexibility index (Phi) is 7.38. The van der Waals surface area contributed by atoms with Gasteiger partial charge in [-0.2, -0.15) is 0 Å². The molecule has 182 valence electrons. The first-order valence-electron chi connectivity index (χ1n) is 11.8. The van der Waals surface area contributed by atoms with E-state index >= 15 is 0 Å². The van der Waals surface area contributed by atoms with Gasteiger partial charge in [0, 0.05) is 12.8 Å². The van der Waals surface area contributed by atoms with Crippen LogP contribution in [0.1, 0.15) is 89.4 Å². The van der Waals surface area contributed by atoms with Crippen molar-refractivity contribution in [2.24, 2.45) is 0 Å². The van der Waals surface area contributed by atoms with Gasteiger partial charge in [0.05, 0.1) is 19.8 Å². The van der Waals surface area contributed by atoms with Gasteiger partial charge in [-0.1, -0.05) is 37.5 Å². The molecule has 3 rings (SSSR count). The number of Topliss-reactive ketones (excluding diaryl/α,β-unsaturated/α-hetero) is 1. The topological polar surface area (TPSA) is 69.7 Å². The maximum Gasteiger partial charge on any atom is 0.434 e. The first kappa shape index (κ1) is 26.1. The third kappa shape index (κ3) is 4.55. The van der Waals surface area contributed by atoms with E-state index in [4.69, 9.17) is 9.47 Å². The molecule has 2 aromatic carbocycles. The first-order chi connectivity index (χ1) is 15.9. The highest BCUT2D eigenvalue weighted by Gasteiger charge is 2.62. The molecule has 0 N–H and O–H groups in total. The number of aryl methyl sites for hydroxylation is 3. The standard InChI is InChI=1S/C28H36O5P/c1-17-13-21(32-7)24(22(14-17)33-8)25(29)28(11-9-10-12-28)34(31)26(30)23-18(2)15-20(16-19(23)3)27(4,5)6/h13-16H,9-12H2,1-8H3/q+1. The van der Waals surface area contributed by atoms with Crippen molar-refractivity contribution in [3.05, 3.63) is 57.6 Å². The van der Waals surface area contributed by atoms with Gasteiger partial charge in [-0.3, -0.25) is 4.79 Å². The van der Waals surface area contributed by atoms with Gasteiger partial charge in [0.2, 0.25) is 10.9 Å². The molecule has 0 bridgehead atoms. The van der Waals surface area contributed by atoms with Crippen LogP contribution in [-0.2, 0) is 9.98 Å². The van der Waals surface area contributed by atoms with Crippen LogP contribution in [0.2, 0.25) is 0 Å². The van der Waals surface area contributed by atoms with E-state index in [2.05, 4.69) is 20.8 Å². The monoisotopic (exact) mass is 483 g/mol. The molecule has 0 saturated heterocycles. The average molecular weight is 484 g/mol. The van der Waals surface area contributed by atoms with Gasteiger partial charge in [-0.15, -0.1) is 0 Å². The summed E-state index contributed by atoms with van der Waals surface area (Å²) in [6.07, 6.45) is 2.31. The van der Waals surface area contributed by atoms with E-state index in [0.717, 1.165) is 35.1 Å². The van der Waals surface area contributed by atoms with E-state index in [1.165, 1.54) is 14.2 Å². The van der Waals surface area contributed by atoms with E-state index in [1.54, 1.807) is 12.1 Å². The summed E-state index contributed by atoms with van der Waals surface area (Å²) in [6.45, 7) is 12.0. The molecule has 1 unspecified atom stereocenters. The Morgan fingerprint density at radius 1 is 0.853 bits per heavy atom. The number of hydrogen-bond acceptors (Lipinski definition) is 5. The van der Waals surface area contributed by atoms with Crippen LogP contribution in [0.5, 0.6) is 11.5 Å². The number of ether oxygens (including phenoxy) is 2. The van der Waals surface area contributed by atoms with Crippen LogP contribution in [0.15, 0.2) is 24.3 Å². The minimum absolute atomic E-state index is 0.0690. The largest absolute Gasteiger partial charge is 0.496 e. The molecule has 1 aliphatic rings. The Labute approximate surface area is 204 Å². The maximum atomic E-state index is 14.1. The molecular formula is C28H36O5P+. The summed E-state index contributed by atoms with van der Waals surface area (Å²) in [5.41, 5.74) is 3.83. The highest BCUT2D eigenvalue weighted by atomic mass is 31.1. The van der Waals surface area contributed by atoms with Crippen molar-refractivity contribution in [1.29, 1.82) is 0 Å². The second-order valence-corrected chi connectivity index (χ2v) is 12.3. The van der Waals surface area contributed by atoms with E-state index in [-0.39, 0.29) is 16.8 Å². The van der Waals surface area contributed by atoms with Crippen molar-refractivity contribution >= 4 is 19.1 Å². The number of benzene rings is 2. The molecule has 0 aliphatic heterocycles. The van der Waals surface area contributed by atoms with Crippen molar-refractivity contribution in [3.8, 4) is 11.5 Å². The third-order valence-corrected chi connectivity index (χ3v) is 8.94. The van der Waals surface area contributed by atoms with Gasteiger partial charge in [0.15, 0.2) is 0 Å². The highest BCUT2D eigenvalue weighted by Crippen LogP contribution is 2.55. The van der Waals surface area contributed by atoms with E-state index in [0.29, 0.717) is 29.9 Å². The smallest absolute Gasteiger partial charge is 0.434 e. The Bertz CT molecular complexity index is 1100. The van der Waals surface area contributed by atoms with Crippen LogP contribution < -0.4 is 9.47 Å². The Morgan fingerprint density at radius 2 is 1.32 bits per heavy atom. The average Bonchev–Trinajstić information content (AvgIpc) is 3.27. The number of rotatable bonds is 7. The fourth-order valence-corrected chi connectivity index (χ4v) is 6.97.